The number of aliphatic carboxylic acids is 1. The molecule has 3 rings (SSSR count). The van der Waals surface area contributed by atoms with Crippen LogP contribution in [0.4, 0.5) is 10.1 Å². The summed E-state index contributed by atoms with van der Waals surface area (Å²) < 4.78 is 13.0. The third kappa shape index (κ3) is 3.67. The number of hydrogen-bond donors (Lipinski definition) is 2. The van der Waals surface area contributed by atoms with Crippen molar-refractivity contribution >= 4 is 23.5 Å². The van der Waals surface area contributed by atoms with Crippen molar-refractivity contribution in [3.8, 4) is 0 Å². The molecule has 2 aromatic rings. The minimum absolute atomic E-state index is 0.283. The molecule has 1 heterocycles. The molecule has 0 aliphatic carbocycles. The van der Waals surface area contributed by atoms with Crippen LogP contribution in [0.15, 0.2) is 48.5 Å². The van der Waals surface area contributed by atoms with Gasteiger partial charge >= 0.3 is 5.97 Å². The van der Waals surface area contributed by atoms with Crippen LogP contribution in [0, 0.1) is 5.82 Å². The smallest absolute Gasteiger partial charge is 0.329 e. The van der Waals surface area contributed by atoms with Crippen molar-refractivity contribution in [1.82, 2.24) is 4.90 Å². The number of carbonyl (C=O) groups is 3. The summed E-state index contributed by atoms with van der Waals surface area (Å²) in [6.07, 6.45) is 1.02. The molecule has 2 N–H and O–H groups in total. The van der Waals surface area contributed by atoms with E-state index in [1.807, 2.05) is 0 Å². The number of nitrogens with one attached hydrogen (secondary N) is 1. The molecule has 1 aliphatic heterocycles. The molecule has 2 aromatic carbocycles. The minimum atomic E-state index is -1.23. The molecular formula is C20H19FN2O4. The van der Waals surface area contributed by atoms with Gasteiger partial charge in [-0.05, 0) is 62.2 Å². The first-order valence-corrected chi connectivity index (χ1v) is 8.53. The second-order valence-corrected chi connectivity index (χ2v) is 6.68. The molecule has 1 atom stereocenters. The maximum Gasteiger partial charge on any atom is 0.329 e. The number of carbonyl (C=O) groups excluding carboxylic acids is 2. The van der Waals surface area contributed by atoms with Gasteiger partial charge in [-0.25, -0.2) is 9.18 Å². The van der Waals surface area contributed by atoms with Crippen LogP contribution in [0.2, 0.25) is 0 Å². The molecule has 0 aromatic heterocycles. The Balaban J connectivity index is 1.79. The molecule has 0 spiro atoms. The van der Waals surface area contributed by atoms with Gasteiger partial charge in [0, 0.05) is 23.4 Å². The lowest BCUT2D eigenvalue weighted by Gasteiger charge is -2.31. The van der Waals surface area contributed by atoms with Gasteiger partial charge in [0.05, 0.1) is 0 Å². The highest BCUT2D eigenvalue weighted by Crippen LogP contribution is 2.31. The van der Waals surface area contributed by atoms with E-state index in [2.05, 4.69) is 5.32 Å². The fourth-order valence-corrected chi connectivity index (χ4v) is 3.20. The van der Waals surface area contributed by atoms with Gasteiger partial charge in [0.15, 0.2) is 0 Å². The molecule has 1 saturated heterocycles. The van der Waals surface area contributed by atoms with Gasteiger partial charge in [-0.2, -0.15) is 0 Å². The molecule has 2 amide bonds. The third-order valence-corrected chi connectivity index (χ3v) is 4.82. The Hall–Kier alpha value is -3.22. The second kappa shape index (κ2) is 7.19. The molecule has 0 saturated carbocycles. The van der Waals surface area contributed by atoms with E-state index in [9.17, 15) is 23.9 Å². The van der Waals surface area contributed by atoms with E-state index in [0.717, 1.165) is 0 Å². The summed E-state index contributed by atoms with van der Waals surface area (Å²) in [5.41, 5.74) is -0.261. The first-order chi connectivity index (χ1) is 12.8. The molecule has 0 radical (unpaired) electrons. The fraction of sp³-hybridized carbons (Fsp3) is 0.250. The normalized spacial score (nSPS) is 19.0. The van der Waals surface area contributed by atoms with E-state index in [-0.39, 0.29) is 5.56 Å². The number of carboxylic acids is 1. The molecule has 27 heavy (non-hydrogen) atoms. The summed E-state index contributed by atoms with van der Waals surface area (Å²) in [4.78, 5) is 38.0. The number of likely N-dealkylation sites (tertiary alicyclic amines) is 1. The monoisotopic (exact) mass is 370 g/mol. The Morgan fingerprint density at radius 3 is 2.48 bits per heavy atom. The van der Waals surface area contributed by atoms with Crippen molar-refractivity contribution in [2.75, 3.05) is 11.9 Å². The van der Waals surface area contributed by atoms with Gasteiger partial charge < -0.3 is 15.3 Å². The van der Waals surface area contributed by atoms with Gasteiger partial charge in [-0.15, -0.1) is 0 Å². The standard InChI is InChI=1S/C20H19FN2O4/c1-20(19(26)27)10-3-11-23(20)18(25)14-4-2-5-16(12-14)22-17(24)13-6-8-15(21)9-7-13/h2,4-9,12H,3,10-11H2,1H3,(H,22,24)(H,26,27). The number of rotatable bonds is 4. The van der Waals surface area contributed by atoms with Crippen molar-refractivity contribution < 1.29 is 23.9 Å². The van der Waals surface area contributed by atoms with Crippen LogP contribution in [0.5, 0.6) is 0 Å². The summed E-state index contributed by atoms with van der Waals surface area (Å²) in [5, 5.41) is 12.1. The van der Waals surface area contributed by atoms with E-state index in [1.54, 1.807) is 25.1 Å². The lowest BCUT2D eigenvalue weighted by molar-refractivity contribution is -0.147. The Labute approximate surface area is 155 Å². The summed E-state index contributed by atoms with van der Waals surface area (Å²) in [6.45, 7) is 1.91. The topological polar surface area (TPSA) is 86.7 Å². The van der Waals surface area contributed by atoms with Gasteiger partial charge in [0.25, 0.3) is 11.8 Å². The van der Waals surface area contributed by atoms with Crippen LogP contribution < -0.4 is 5.32 Å². The summed E-state index contributed by atoms with van der Waals surface area (Å²) >= 11 is 0. The first kappa shape index (κ1) is 18.6. The van der Waals surface area contributed by atoms with E-state index < -0.39 is 29.1 Å². The molecule has 7 heteroatoms. The maximum absolute atomic E-state index is 13.0. The number of anilines is 1. The highest BCUT2D eigenvalue weighted by atomic mass is 19.1. The summed E-state index contributed by atoms with van der Waals surface area (Å²) in [7, 11) is 0. The zero-order chi connectivity index (χ0) is 19.6. The van der Waals surface area contributed by atoms with Crippen molar-refractivity contribution in [1.29, 1.82) is 0 Å². The maximum atomic E-state index is 13.0. The average molecular weight is 370 g/mol. The lowest BCUT2D eigenvalue weighted by atomic mass is 9.98. The van der Waals surface area contributed by atoms with Crippen LogP contribution in [0.1, 0.15) is 40.5 Å². The van der Waals surface area contributed by atoms with E-state index in [1.165, 1.54) is 35.2 Å². The Morgan fingerprint density at radius 2 is 1.81 bits per heavy atom. The summed E-state index contributed by atoms with van der Waals surface area (Å²) in [6, 6.07) is 11.4. The molecule has 6 nitrogen and oxygen atoms in total. The zero-order valence-corrected chi connectivity index (χ0v) is 14.7. The van der Waals surface area contributed by atoms with Crippen LogP contribution in [0.3, 0.4) is 0 Å². The third-order valence-electron chi connectivity index (χ3n) is 4.82. The number of benzene rings is 2. The SMILES string of the molecule is CC1(C(=O)O)CCCN1C(=O)c1cccc(NC(=O)c2ccc(F)cc2)c1. The fourth-order valence-electron chi connectivity index (χ4n) is 3.20. The predicted molar refractivity (Wildman–Crippen MR) is 97.1 cm³/mol. The van der Waals surface area contributed by atoms with E-state index in [4.69, 9.17) is 0 Å². The van der Waals surface area contributed by atoms with E-state index >= 15 is 0 Å². The average Bonchev–Trinajstić information content (AvgIpc) is 3.05. The van der Waals surface area contributed by atoms with Crippen molar-refractivity contribution in [2.45, 2.75) is 25.3 Å². The zero-order valence-electron chi connectivity index (χ0n) is 14.7. The Kier molecular flexibility index (Phi) is 4.94. The highest BCUT2D eigenvalue weighted by Gasteiger charge is 2.46. The predicted octanol–water partition coefficient (Wildman–Crippen LogP) is 3.16. The summed E-state index contributed by atoms with van der Waals surface area (Å²) in [5.74, 6) is -2.30. The number of nitrogens with zero attached hydrogens (tertiary/aromatic N) is 1. The first-order valence-electron chi connectivity index (χ1n) is 8.53. The van der Waals surface area contributed by atoms with Gasteiger partial charge in [0.2, 0.25) is 0 Å². The van der Waals surface area contributed by atoms with Gasteiger partial charge in [-0.3, -0.25) is 9.59 Å². The Morgan fingerprint density at radius 1 is 1.11 bits per heavy atom. The van der Waals surface area contributed by atoms with Crippen molar-refractivity contribution in [3.63, 3.8) is 0 Å². The molecule has 1 aliphatic rings. The molecule has 1 unspecified atom stereocenters. The van der Waals surface area contributed by atoms with Crippen LogP contribution >= 0.6 is 0 Å². The van der Waals surface area contributed by atoms with E-state index in [0.29, 0.717) is 30.6 Å². The minimum Gasteiger partial charge on any atom is -0.480 e. The number of hydrogen-bond acceptors (Lipinski definition) is 3. The van der Waals surface area contributed by atoms with Crippen LogP contribution in [-0.2, 0) is 4.79 Å². The second-order valence-electron chi connectivity index (χ2n) is 6.68. The number of carboxylic acid groups (broad SMARTS) is 1. The van der Waals surface area contributed by atoms with Crippen molar-refractivity contribution in [3.05, 3.63) is 65.5 Å². The van der Waals surface area contributed by atoms with Crippen LogP contribution in [-0.4, -0.2) is 39.9 Å². The number of amides is 2. The van der Waals surface area contributed by atoms with Crippen molar-refractivity contribution in [2.24, 2.45) is 0 Å². The Bertz CT molecular complexity index is 897. The molecule has 1 fully saturated rings. The molecule has 0 bridgehead atoms. The largest absolute Gasteiger partial charge is 0.480 e. The van der Waals surface area contributed by atoms with Crippen LogP contribution in [0.25, 0.3) is 0 Å². The lowest BCUT2D eigenvalue weighted by Crippen LogP contribution is -2.50. The van der Waals surface area contributed by atoms with Gasteiger partial charge in [-0.1, -0.05) is 6.07 Å². The highest BCUT2D eigenvalue weighted by molar-refractivity contribution is 6.05. The molecule has 140 valence electrons. The van der Waals surface area contributed by atoms with Gasteiger partial charge in [0.1, 0.15) is 11.4 Å². The quantitative estimate of drug-likeness (QED) is 0.866. The number of halogens is 1. The molecular weight excluding hydrogens is 351 g/mol.